The number of H-pyrrole nitrogens is 1. The summed E-state index contributed by atoms with van der Waals surface area (Å²) in [5.41, 5.74) is 3.40. The summed E-state index contributed by atoms with van der Waals surface area (Å²) in [6.07, 6.45) is 6.05. The number of aromatic nitrogens is 6. The van der Waals surface area contributed by atoms with E-state index in [-0.39, 0.29) is 25.5 Å². The Balaban J connectivity index is 1.39. The third-order valence-electron chi connectivity index (χ3n) is 6.23. The van der Waals surface area contributed by atoms with Crippen LogP contribution in [0.5, 0.6) is 0 Å². The molecule has 14 nitrogen and oxygen atoms in total. The fourth-order valence-corrected chi connectivity index (χ4v) is 4.42. The number of rotatable bonds is 5. The Morgan fingerprint density at radius 2 is 2.12 bits per heavy atom. The minimum atomic E-state index is -0.637. The Kier molecular flexibility index (Phi) is 8.84. The predicted molar refractivity (Wildman–Crippen MR) is 153 cm³/mol. The number of ether oxygens (including phenoxy) is 2. The highest BCUT2D eigenvalue weighted by Gasteiger charge is 2.21. The number of carbonyl (C=O) groups is 3. The summed E-state index contributed by atoms with van der Waals surface area (Å²) in [7, 11) is 1.26. The molecule has 1 atom stereocenters. The van der Waals surface area contributed by atoms with E-state index in [0.29, 0.717) is 51.2 Å². The van der Waals surface area contributed by atoms with Gasteiger partial charge in [-0.1, -0.05) is 11.6 Å². The molecule has 42 heavy (non-hydrogen) atoms. The first-order valence-electron chi connectivity index (χ1n) is 12.8. The molecule has 5 rings (SSSR count). The summed E-state index contributed by atoms with van der Waals surface area (Å²) >= 11 is 6.18. The van der Waals surface area contributed by atoms with Crippen LogP contribution in [-0.4, -0.2) is 68.4 Å². The van der Waals surface area contributed by atoms with E-state index in [4.69, 9.17) is 16.3 Å². The fraction of sp³-hybridized carbons (Fsp3) is 0.222. The smallest absolute Gasteiger partial charge is 0.411 e. The van der Waals surface area contributed by atoms with Crippen molar-refractivity contribution in [1.82, 2.24) is 35.5 Å². The van der Waals surface area contributed by atoms with E-state index >= 15 is 0 Å². The maximum Gasteiger partial charge on any atom is 0.411 e. The molecule has 0 saturated carbocycles. The average Bonchev–Trinajstić information content (AvgIpc) is 3.68. The van der Waals surface area contributed by atoms with Crippen LogP contribution in [0, 0.1) is 0 Å². The molecule has 0 fully saturated rings. The molecule has 0 unspecified atom stereocenters. The SMILES string of the molecule is COC(=O)Nc1ccc2c(c1)NC(=O)CCCOC[C@H](NC(=O)/C=C/c1cc(Cl)ccc1-n1cnnn1)c1ncc-2[nH]1. The molecule has 1 aliphatic rings. The van der Waals surface area contributed by atoms with Crippen LogP contribution in [0.2, 0.25) is 5.02 Å². The van der Waals surface area contributed by atoms with Crippen molar-refractivity contribution in [2.75, 3.05) is 31.0 Å². The topological polar surface area (TPSA) is 178 Å². The number of carbonyl (C=O) groups excluding carboxylic acids is 3. The van der Waals surface area contributed by atoms with Crippen LogP contribution in [0.1, 0.15) is 30.3 Å². The van der Waals surface area contributed by atoms with Gasteiger partial charge in [-0.2, -0.15) is 4.68 Å². The summed E-state index contributed by atoms with van der Waals surface area (Å²) in [4.78, 5) is 45.1. The molecule has 4 N–H and O–H groups in total. The van der Waals surface area contributed by atoms with Crippen LogP contribution in [0.3, 0.4) is 0 Å². The lowest BCUT2D eigenvalue weighted by Gasteiger charge is -2.16. The van der Waals surface area contributed by atoms with Gasteiger partial charge in [0.15, 0.2) is 0 Å². The van der Waals surface area contributed by atoms with Gasteiger partial charge in [0, 0.05) is 40.9 Å². The average molecular weight is 592 g/mol. The molecule has 0 saturated heterocycles. The second kappa shape index (κ2) is 13.1. The Morgan fingerprint density at radius 1 is 1.24 bits per heavy atom. The normalized spacial score (nSPS) is 15.5. The minimum absolute atomic E-state index is 0.121. The molecular formula is C27H26ClN9O5. The van der Waals surface area contributed by atoms with Crippen LogP contribution in [0.4, 0.5) is 16.2 Å². The summed E-state index contributed by atoms with van der Waals surface area (Å²) in [5.74, 6) is -0.160. The van der Waals surface area contributed by atoms with Crippen molar-refractivity contribution in [3.63, 3.8) is 0 Å². The zero-order valence-corrected chi connectivity index (χ0v) is 23.1. The van der Waals surface area contributed by atoms with Crippen molar-refractivity contribution in [2.45, 2.75) is 18.9 Å². The molecule has 3 amide bonds. The summed E-state index contributed by atoms with van der Waals surface area (Å²) < 4.78 is 11.9. The first-order valence-corrected chi connectivity index (χ1v) is 13.2. The van der Waals surface area contributed by atoms with Gasteiger partial charge >= 0.3 is 6.09 Å². The van der Waals surface area contributed by atoms with E-state index in [0.717, 1.165) is 0 Å². The second-order valence-electron chi connectivity index (χ2n) is 9.14. The molecule has 0 spiro atoms. The lowest BCUT2D eigenvalue weighted by Crippen LogP contribution is -2.31. The van der Waals surface area contributed by atoms with E-state index < -0.39 is 18.0 Å². The molecule has 0 radical (unpaired) electrons. The van der Waals surface area contributed by atoms with Crippen LogP contribution < -0.4 is 16.0 Å². The van der Waals surface area contributed by atoms with Gasteiger partial charge in [-0.15, -0.1) is 5.10 Å². The van der Waals surface area contributed by atoms with Crippen molar-refractivity contribution in [2.24, 2.45) is 0 Å². The zero-order valence-electron chi connectivity index (χ0n) is 22.3. The third-order valence-corrected chi connectivity index (χ3v) is 6.47. The first-order chi connectivity index (χ1) is 20.4. The quantitative estimate of drug-likeness (QED) is 0.253. The summed E-state index contributed by atoms with van der Waals surface area (Å²) in [6.45, 7) is 0.411. The molecule has 15 heteroatoms. The number of aromatic amines is 1. The molecule has 216 valence electrons. The number of hydrogen-bond acceptors (Lipinski definition) is 9. The first kappa shape index (κ1) is 28.4. The Morgan fingerprint density at radius 3 is 2.93 bits per heavy atom. The van der Waals surface area contributed by atoms with Crippen LogP contribution in [0.25, 0.3) is 23.0 Å². The minimum Gasteiger partial charge on any atom is -0.453 e. The maximum atomic E-state index is 13.0. The van der Waals surface area contributed by atoms with Gasteiger partial charge in [0.25, 0.3) is 0 Å². The largest absolute Gasteiger partial charge is 0.453 e. The number of tetrazole rings is 1. The number of hydrogen-bond donors (Lipinski definition) is 4. The number of methoxy groups -OCH3 is 1. The van der Waals surface area contributed by atoms with Crippen molar-refractivity contribution >= 4 is 47.0 Å². The van der Waals surface area contributed by atoms with E-state index in [9.17, 15) is 14.4 Å². The van der Waals surface area contributed by atoms with Crippen molar-refractivity contribution in [3.8, 4) is 16.9 Å². The third kappa shape index (κ3) is 6.97. The monoisotopic (exact) mass is 591 g/mol. The van der Waals surface area contributed by atoms with Gasteiger partial charge in [-0.3, -0.25) is 14.9 Å². The lowest BCUT2D eigenvalue weighted by atomic mass is 10.1. The number of nitrogens with zero attached hydrogens (tertiary/aromatic N) is 5. The highest BCUT2D eigenvalue weighted by molar-refractivity contribution is 6.30. The maximum absolute atomic E-state index is 13.0. The van der Waals surface area contributed by atoms with Gasteiger partial charge in [0.1, 0.15) is 18.2 Å². The highest BCUT2D eigenvalue weighted by atomic mass is 35.5. The van der Waals surface area contributed by atoms with E-state index in [1.807, 2.05) is 0 Å². The molecule has 4 aromatic rings. The van der Waals surface area contributed by atoms with Crippen molar-refractivity contribution in [1.29, 1.82) is 0 Å². The molecule has 0 aliphatic carbocycles. The molecule has 2 bridgehead atoms. The Labute approximate surface area is 244 Å². The van der Waals surface area contributed by atoms with Crippen LogP contribution in [0.15, 0.2) is 55.0 Å². The van der Waals surface area contributed by atoms with Crippen LogP contribution in [-0.2, 0) is 19.1 Å². The van der Waals surface area contributed by atoms with Gasteiger partial charge in [0.2, 0.25) is 11.8 Å². The van der Waals surface area contributed by atoms with E-state index in [2.05, 4.69) is 46.2 Å². The predicted octanol–water partition coefficient (Wildman–Crippen LogP) is 3.50. The molecular weight excluding hydrogens is 566 g/mol. The number of halogens is 1. The lowest BCUT2D eigenvalue weighted by molar-refractivity contribution is -0.117. The molecule has 2 aromatic heterocycles. The number of imidazole rings is 1. The summed E-state index contributed by atoms with van der Waals surface area (Å²) in [5, 5.41) is 20.1. The summed E-state index contributed by atoms with van der Waals surface area (Å²) in [6, 6.07) is 9.56. The van der Waals surface area contributed by atoms with Gasteiger partial charge < -0.3 is 25.1 Å². The Hall–Kier alpha value is -5.08. The standard InChI is InChI=1S/C27H26ClN9O5/c1-41-27(40)31-18-6-7-19-20(12-18)32-24(38)3-2-10-42-14-22(26-29-13-21(19)34-26)33-25(39)9-4-16-11-17(28)5-8-23(16)37-15-30-35-36-37/h4-9,11-13,15,22H,2-3,10,14H2,1H3,(H,29,34)(H,31,40)(H,32,38)(H,33,39)/b9-4+/t22-/m0/s1. The second-order valence-corrected chi connectivity index (χ2v) is 9.57. The Bertz CT molecular complexity index is 1620. The van der Waals surface area contributed by atoms with Gasteiger partial charge in [0.05, 0.1) is 37.0 Å². The zero-order chi connectivity index (χ0) is 29.5. The number of fused-ring (bicyclic) bond motifs is 4. The van der Waals surface area contributed by atoms with Gasteiger partial charge in [-0.25, -0.2) is 9.78 Å². The fourth-order valence-electron chi connectivity index (χ4n) is 4.24. The van der Waals surface area contributed by atoms with E-state index in [1.54, 1.807) is 48.7 Å². The highest BCUT2D eigenvalue weighted by Crippen LogP contribution is 2.31. The molecule has 3 heterocycles. The number of nitrogens with one attached hydrogen (secondary N) is 4. The molecule has 1 aliphatic heterocycles. The van der Waals surface area contributed by atoms with E-state index in [1.165, 1.54) is 24.2 Å². The molecule has 2 aromatic carbocycles. The van der Waals surface area contributed by atoms with Crippen molar-refractivity contribution < 1.29 is 23.9 Å². The van der Waals surface area contributed by atoms with Gasteiger partial charge in [-0.05, 0) is 59.3 Å². The van der Waals surface area contributed by atoms with Crippen molar-refractivity contribution in [3.05, 3.63) is 71.4 Å². The number of benzene rings is 2. The number of anilines is 2. The number of amides is 3. The van der Waals surface area contributed by atoms with Crippen LogP contribution >= 0.6 is 11.6 Å².